The molecule has 218 valence electrons. The summed E-state index contributed by atoms with van der Waals surface area (Å²) < 4.78 is 53.5. The van der Waals surface area contributed by atoms with E-state index < -0.39 is 28.7 Å². The highest BCUT2D eigenvalue weighted by Gasteiger charge is 2.79. The van der Waals surface area contributed by atoms with Gasteiger partial charge in [0.25, 0.3) is 5.91 Å². The Kier molecular flexibility index (Phi) is 6.91. The fraction of sp³-hybridized carbons (Fsp3) is 0.500. The van der Waals surface area contributed by atoms with Crippen molar-refractivity contribution in [2.45, 2.75) is 75.7 Å². The van der Waals surface area contributed by atoms with Crippen LogP contribution in [0.2, 0.25) is 0 Å². The van der Waals surface area contributed by atoms with Crippen LogP contribution < -0.4 is 5.32 Å². The molecule has 0 radical (unpaired) electrons. The zero-order valence-corrected chi connectivity index (χ0v) is 23.6. The molecule has 1 N–H and O–H groups in total. The highest BCUT2D eigenvalue weighted by Crippen LogP contribution is 2.69. The summed E-state index contributed by atoms with van der Waals surface area (Å²) >= 11 is 0. The number of ether oxygens (including phenoxy) is 2. The van der Waals surface area contributed by atoms with Gasteiger partial charge in [0.1, 0.15) is 11.2 Å². The Morgan fingerprint density at radius 3 is 2.29 bits per heavy atom. The Labute approximate surface area is 238 Å². The second kappa shape index (κ2) is 10.1. The van der Waals surface area contributed by atoms with Gasteiger partial charge < -0.3 is 19.7 Å². The molecule has 41 heavy (non-hydrogen) atoms. The summed E-state index contributed by atoms with van der Waals surface area (Å²) in [5, 5.41) is 3.05. The van der Waals surface area contributed by atoms with Crippen LogP contribution in [0.3, 0.4) is 0 Å². The summed E-state index contributed by atoms with van der Waals surface area (Å²) in [6, 6.07) is 7.37. The van der Waals surface area contributed by atoms with Gasteiger partial charge in [-0.3, -0.25) is 9.78 Å². The van der Waals surface area contributed by atoms with Gasteiger partial charge in [0.2, 0.25) is 0 Å². The number of allylic oxidation sites excluding steroid dienone is 2. The summed E-state index contributed by atoms with van der Waals surface area (Å²) in [7, 11) is 0. The molecule has 6 nitrogen and oxygen atoms in total. The number of carbonyl (C=O) groups is 1. The first-order valence-corrected chi connectivity index (χ1v) is 14.4. The van der Waals surface area contributed by atoms with Crippen molar-refractivity contribution in [1.29, 1.82) is 0 Å². The summed E-state index contributed by atoms with van der Waals surface area (Å²) in [6.45, 7) is 8.09. The van der Waals surface area contributed by atoms with Crippen LogP contribution in [0.4, 0.5) is 13.2 Å². The van der Waals surface area contributed by atoms with Crippen molar-refractivity contribution in [3.63, 3.8) is 0 Å². The van der Waals surface area contributed by atoms with Crippen molar-refractivity contribution >= 4 is 5.91 Å². The zero-order valence-electron chi connectivity index (χ0n) is 23.6. The van der Waals surface area contributed by atoms with E-state index in [4.69, 9.17) is 9.47 Å². The number of nitrogens with zero attached hydrogens (tertiary/aromatic N) is 2. The maximum atomic E-state index is 13.3. The van der Waals surface area contributed by atoms with Gasteiger partial charge in [0.15, 0.2) is 5.79 Å². The van der Waals surface area contributed by atoms with Crippen LogP contribution >= 0.6 is 0 Å². The molecule has 0 bridgehead atoms. The van der Waals surface area contributed by atoms with Crippen LogP contribution in [0.25, 0.3) is 0 Å². The number of piperidine rings is 1. The number of hydrogen-bond donors (Lipinski definition) is 1. The van der Waals surface area contributed by atoms with E-state index in [-0.39, 0.29) is 17.9 Å². The van der Waals surface area contributed by atoms with E-state index in [1.807, 2.05) is 44.2 Å². The van der Waals surface area contributed by atoms with Crippen LogP contribution in [0.5, 0.6) is 0 Å². The average molecular weight is 568 g/mol. The molecule has 6 rings (SSSR count). The van der Waals surface area contributed by atoms with Gasteiger partial charge in [-0.1, -0.05) is 24.3 Å². The molecule has 2 saturated heterocycles. The Morgan fingerprint density at radius 2 is 1.71 bits per heavy atom. The highest BCUT2D eigenvalue weighted by molar-refractivity contribution is 5.96. The number of likely N-dealkylation sites (tertiary alicyclic amines) is 1. The minimum atomic E-state index is -4.40. The molecule has 4 aliphatic rings. The molecule has 1 amide bonds. The third-order valence-electron chi connectivity index (χ3n) is 9.35. The van der Waals surface area contributed by atoms with Gasteiger partial charge in [0.05, 0.1) is 16.8 Å². The predicted molar refractivity (Wildman–Crippen MR) is 148 cm³/mol. The van der Waals surface area contributed by atoms with E-state index in [0.717, 1.165) is 62.2 Å². The lowest BCUT2D eigenvalue weighted by Gasteiger charge is -2.44. The van der Waals surface area contributed by atoms with Crippen molar-refractivity contribution in [3.05, 3.63) is 88.8 Å². The van der Waals surface area contributed by atoms with Crippen LogP contribution in [0.1, 0.15) is 65.3 Å². The predicted octanol–water partition coefficient (Wildman–Crippen LogP) is 5.84. The maximum absolute atomic E-state index is 13.3. The van der Waals surface area contributed by atoms with Gasteiger partial charge in [-0.05, 0) is 89.0 Å². The minimum absolute atomic E-state index is 0.0135. The molecule has 1 aromatic heterocycles. The highest BCUT2D eigenvalue weighted by atomic mass is 19.4. The van der Waals surface area contributed by atoms with Crippen LogP contribution in [-0.4, -0.2) is 52.7 Å². The molecule has 3 fully saturated rings. The van der Waals surface area contributed by atoms with E-state index in [2.05, 4.69) is 22.1 Å². The molecule has 1 aromatic carbocycles. The van der Waals surface area contributed by atoms with Gasteiger partial charge >= 0.3 is 6.18 Å². The lowest BCUT2D eigenvalue weighted by Crippen LogP contribution is -2.48. The van der Waals surface area contributed by atoms with Gasteiger partial charge in [-0.15, -0.1) is 0 Å². The molecular weight excluding hydrogens is 531 g/mol. The molecule has 2 aromatic rings. The second-order valence-electron chi connectivity index (χ2n) is 11.9. The molecule has 1 saturated carbocycles. The van der Waals surface area contributed by atoms with E-state index in [0.29, 0.717) is 17.7 Å². The number of aryl methyl sites for hydroxylation is 2. The molecule has 2 aliphatic carbocycles. The standard InChI is InChI=1S/C32H36F3N3O3/c1-21-10-16-36-23(3)27(21)28(39)37-17-11-22(2)38-18-12-25(13-19-38)31(24-6-8-26(9-7-24)32(33,34)35)40-29-14-4-5-15-30(29,20-29)41-31/h4-10,14-16,22,25H,11-13,17-20H2,1-3H3,(H,37,39). The smallest absolute Gasteiger partial charge is 0.352 e. The summed E-state index contributed by atoms with van der Waals surface area (Å²) in [5.74, 6) is -1.22. The van der Waals surface area contributed by atoms with Crippen molar-refractivity contribution in [2.24, 2.45) is 5.92 Å². The van der Waals surface area contributed by atoms with E-state index in [1.165, 1.54) is 12.1 Å². The Balaban J connectivity index is 1.12. The molecule has 9 heteroatoms. The number of pyridine rings is 1. The lowest BCUT2D eigenvalue weighted by atomic mass is 9.83. The van der Waals surface area contributed by atoms with Crippen LogP contribution in [0.15, 0.2) is 60.8 Å². The number of aromatic nitrogens is 1. The Bertz CT molecular complexity index is 1330. The first-order chi connectivity index (χ1) is 19.5. The topological polar surface area (TPSA) is 63.7 Å². The third-order valence-corrected chi connectivity index (χ3v) is 9.35. The number of hydrogen-bond acceptors (Lipinski definition) is 5. The molecular formula is C32H36F3N3O3. The molecule has 3 heterocycles. The molecule has 3 atom stereocenters. The number of nitrogens with one attached hydrogen (secondary N) is 1. The number of halogens is 3. The van der Waals surface area contributed by atoms with E-state index in [1.54, 1.807) is 6.20 Å². The SMILES string of the molecule is Cc1ccnc(C)c1C(=O)NCCC(C)N1CCC(C2(c3ccc(C(F)(F)F)cc3)OC34C=CC=CC3(C4)O2)CC1. The molecule has 3 unspecified atom stereocenters. The van der Waals surface area contributed by atoms with Crippen LogP contribution in [-0.2, 0) is 21.4 Å². The van der Waals surface area contributed by atoms with Crippen molar-refractivity contribution < 1.29 is 27.4 Å². The number of alkyl halides is 3. The number of carbonyl (C=O) groups excluding carboxylic acids is 1. The van der Waals surface area contributed by atoms with Crippen molar-refractivity contribution in [3.8, 4) is 0 Å². The lowest BCUT2D eigenvalue weighted by molar-refractivity contribution is -0.258. The van der Waals surface area contributed by atoms with Gasteiger partial charge in [-0.25, -0.2) is 0 Å². The fourth-order valence-electron chi connectivity index (χ4n) is 6.88. The molecule has 0 spiro atoms. The first kappa shape index (κ1) is 28.1. The first-order valence-electron chi connectivity index (χ1n) is 14.4. The van der Waals surface area contributed by atoms with E-state index >= 15 is 0 Å². The van der Waals surface area contributed by atoms with Gasteiger partial charge in [0, 0.05) is 36.7 Å². The normalized spacial score (nSPS) is 30.1. The third kappa shape index (κ3) is 4.81. The average Bonchev–Trinajstić information content (AvgIpc) is 3.48. The summed E-state index contributed by atoms with van der Waals surface area (Å²) in [4.78, 5) is 19.4. The Hall–Kier alpha value is -3.01. The quantitative estimate of drug-likeness (QED) is 0.455. The van der Waals surface area contributed by atoms with Crippen molar-refractivity contribution in [1.82, 2.24) is 15.2 Å². The van der Waals surface area contributed by atoms with E-state index in [9.17, 15) is 18.0 Å². The largest absolute Gasteiger partial charge is 0.416 e. The fourth-order valence-corrected chi connectivity index (χ4v) is 6.88. The minimum Gasteiger partial charge on any atom is -0.352 e. The summed E-state index contributed by atoms with van der Waals surface area (Å²) in [6.07, 6.45) is 8.35. The number of benzene rings is 1. The van der Waals surface area contributed by atoms with Crippen LogP contribution in [0, 0.1) is 19.8 Å². The molecule has 2 aliphatic heterocycles. The summed E-state index contributed by atoms with van der Waals surface area (Å²) in [5.41, 5.74) is 1.10. The van der Waals surface area contributed by atoms with Crippen molar-refractivity contribution in [2.75, 3.05) is 19.6 Å². The number of rotatable bonds is 7. The zero-order chi connectivity index (χ0) is 29.0. The Morgan fingerprint density at radius 1 is 1.07 bits per heavy atom. The maximum Gasteiger partial charge on any atom is 0.416 e. The van der Waals surface area contributed by atoms with Gasteiger partial charge in [-0.2, -0.15) is 13.2 Å². The second-order valence-corrected chi connectivity index (χ2v) is 11.9. The monoisotopic (exact) mass is 567 g/mol. The number of amides is 1.